The van der Waals surface area contributed by atoms with E-state index in [4.69, 9.17) is 9.97 Å². The molecule has 0 amide bonds. The average Bonchev–Trinajstić information content (AvgIpc) is 3.70. The van der Waals surface area contributed by atoms with Gasteiger partial charge in [0.15, 0.2) is 0 Å². The number of hydrogen-bond donors (Lipinski definition) is 0. The van der Waals surface area contributed by atoms with Gasteiger partial charge in [0.05, 0.1) is 39.1 Å². The van der Waals surface area contributed by atoms with Crippen LogP contribution in [0.15, 0.2) is 158 Å². The van der Waals surface area contributed by atoms with E-state index < -0.39 is 0 Å². The fourth-order valence-corrected chi connectivity index (χ4v) is 8.67. The molecule has 1 aliphatic heterocycles. The van der Waals surface area contributed by atoms with Crippen LogP contribution in [0.25, 0.3) is 88.5 Å². The minimum atomic E-state index is -0.171. The topological polar surface area (TPSA) is 35.6 Å². The first-order chi connectivity index (χ1) is 25.1. The number of para-hydroxylation sites is 2. The Morgan fingerprint density at radius 1 is 0.451 bits per heavy atom. The van der Waals surface area contributed by atoms with E-state index in [9.17, 15) is 0 Å². The van der Waals surface area contributed by atoms with Crippen molar-refractivity contribution < 1.29 is 0 Å². The van der Waals surface area contributed by atoms with Crippen LogP contribution in [0.1, 0.15) is 25.0 Å². The third-order valence-corrected chi connectivity index (χ3v) is 11.1. The van der Waals surface area contributed by atoms with Gasteiger partial charge in [0.25, 0.3) is 0 Å². The van der Waals surface area contributed by atoms with Gasteiger partial charge < -0.3 is 4.57 Å². The molecule has 7 aromatic carbocycles. The highest BCUT2D eigenvalue weighted by molar-refractivity contribution is 6.26. The van der Waals surface area contributed by atoms with Crippen molar-refractivity contribution in [2.24, 2.45) is 0 Å². The zero-order valence-electron chi connectivity index (χ0n) is 28.3. The normalized spacial score (nSPS) is 13.5. The SMILES string of the molecule is CC1(C)c2cc3ccccc3cc2-n2c3c1cccc3c1ccc3c(c4ccccc4n3-c3nc(-c4ccccc4)cc(-c4ccccc4)n3)c12. The van der Waals surface area contributed by atoms with Crippen molar-refractivity contribution in [3.05, 3.63) is 169 Å². The van der Waals surface area contributed by atoms with Crippen LogP contribution in [0.4, 0.5) is 0 Å². The molecule has 0 saturated carbocycles. The first-order valence-corrected chi connectivity index (χ1v) is 17.6. The van der Waals surface area contributed by atoms with E-state index in [0.29, 0.717) is 5.95 Å². The van der Waals surface area contributed by atoms with Crippen LogP contribution >= 0.6 is 0 Å². The van der Waals surface area contributed by atoms with Gasteiger partial charge in [0, 0.05) is 38.1 Å². The highest BCUT2D eigenvalue weighted by atomic mass is 15.2. The van der Waals surface area contributed by atoms with Crippen molar-refractivity contribution in [1.29, 1.82) is 0 Å². The smallest absolute Gasteiger partial charge is 0.235 e. The molecular weight excluding hydrogens is 621 g/mol. The molecule has 4 nitrogen and oxygen atoms in total. The number of benzene rings is 7. The van der Waals surface area contributed by atoms with Crippen LogP contribution in [0.2, 0.25) is 0 Å². The zero-order chi connectivity index (χ0) is 33.8. The highest BCUT2D eigenvalue weighted by Crippen LogP contribution is 2.50. The van der Waals surface area contributed by atoms with Crippen molar-refractivity contribution in [3.8, 4) is 34.2 Å². The second kappa shape index (κ2) is 10.3. The number of nitrogens with zero attached hydrogens (tertiary/aromatic N) is 4. The van der Waals surface area contributed by atoms with Crippen LogP contribution in [-0.2, 0) is 5.41 Å². The summed E-state index contributed by atoms with van der Waals surface area (Å²) in [6.07, 6.45) is 0. The Hall–Kier alpha value is -6.52. The van der Waals surface area contributed by atoms with Crippen LogP contribution in [0.3, 0.4) is 0 Å². The Kier molecular flexibility index (Phi) is 5.70. The van der Waals surface area contributed by atoms with Gasteiger partial charge in [-0.3, -0.25) is 4.57 Å². The number of hydrogen-bond acceptors (Lipinski definition) is 2. The Balaban J connectivity index is 1.30. The lowest BCUT2D eigenvalue weighted by atomic mass is 9.74. The molecule has 0 bridgehead atoms. The van der Waals surface area contributed by atoms with E-state index >= 15 is 0 Å². The molecule has 0 spiro atoms. The first-order valence-electron chi connectivity index (χ1n) is 17.6. The molecule has 1 aliphatic rings. The third-order valence-electron chi connectivity index (χ3n) is 11.1. The molecule has 11 rings (SSSR count). The van der Waals surface area contributed by atoms with Crippen molar-refractivity contribution in [1.82, 2.24) is 19.1 Å². The summed E-state index contributed by atoms with van der Waals surface area (Å²) in [5.74, 6) is 0.656. The minimum absolute atomic E-state index is 0.171. The Labute approximate surface area is 294 Å². The monoisotopic (exact) mass is 652 g/mol. The quantitative estimate of drug-likeness (QED) is 0.190. The van der Waals surface area contributed by atoms with Crippen LogP contribution in [0.5, 0.6) is 0 Å². The molecular formula is C47H32N4. The molecule has 0 fully saturated rings. The molecule has 0 atom stereocenters. The summed E-state index contributed by atoms with van der Waals surface area (Å²) in [5.41, 5.74) is 12.3. The predicted molar refractivity (Wildman–Crippen MR) is 211 cm³/mol. The summed E-state index contributed by atoms with van der Waals surface area (Å²) < 4.78 is 4.83. The molecule has 0 aliphatic carbocycles. The van der Waals surface area contributed by atoms with Gasteiger partial charge in [-0.1, -0.05) is 141 Å². The average molecular weight is 653 g/mol. The van der Waals surface area contributed by atoms with E-state index in [2.05, 4.69) is 169 Å². The maximum Gasteiger partial charge on any atom is 0.235 e. The Bertz CT molecular complexity index is 2980. The molecule has 0 radical (unpaired) electrons. The van der Waals surface area contributed by atoms with E-state index in [1.165, 1.54) is 60.2 Å². The molecule has 10 aromatic rings. The summed E-state index contributed by atoms with van der Waals surface area (Å²) in [7, 11) is 0. The van der Waals surface area contributed by atoms with Crippen molar-refractivity contribution >= 4 is 54.4 Å². The molecule has 240 valence electrons. The standard InChI is InChI=1S/C47H32N4/c1-47(2)36-22-13-21-33-34-24-25-41-43(45(34)51(44(33)36)42-27-32-19-10-9-18-31(32)26-37(42)47)35-20-11-12-23-40(35)50(41)46-48-38(29-14-5-3-6-15-29)28-39(49-46)30-16-7-4-8-17-30/h3-28H,1-2H3. The molecule has 4 heterocycles. The van der Waals surface area contributed by atoms with Crippen molar-refractivity contribution in [2.75, 3.05) is 0 Å². The maximum atomic E-state index is 5.30. The summed E-state index contributed by atoms with van der Waals surface area (Å²) >= 11 is 0. The molecule has 0 saturated heterocycles. The van der Waals surface area contributed by atoms with Gasteiger partial charge in [-0.2, -0.15) is 0 Å². The van der Waals surface area contributed by atoms with Gasteiger partial charge in [0.2, 0.25) is 5.95 Å². The van der Waals surface area contributed by atoms with Crippen LogP contribution in [0, 0.1) is 0 Å². The molecule has 4 heteroatoms. The summed E-state index contributed by atoms with van der Waals surface area (Å²) in [5, 5.41) is 7.43. The van der Waals surface area contributed by atoms with E-state index in [0.717, 1.165) is 33.5 Å². The van der Waals surface area contributed by atoms with E-state index in [-0.39, 0.29) is 5.41 Å². The van der Waals surface area contributed by atoms with Gasteiger partial charge in [0.1, 0.15) is 0 Å². The van der Waals surface area contributed by atoms with E-state index in [1.54, 1.807) is 0 Å². The maximum absolute atomic E-state index is 5.30. The fraction of sp³-hybridized carbons (Fsp3) is 0.0638. The Morgan fingerprint density at radius 2 is 1.06 bits per heavy atom. The van der Waals surface area contributed by atoms with Gasteiger partial charge in [-0.15, -0.1) is 0 Å². The summed E-state index contributed by atoms with van der Waals surface area (Å²) in [6.45, 7) is 4.75. The molecule has 0 N–H and O–H groups in total. The number of aromatic nitrogens is 4. The van der Waals surface area contributed by atoms with Gasteiger partial charge in [-0.25, -0.2) is 9.97 Å². The lowest BCUT2D eigenvalue weighted by molar-refractivity contribution is 0.631. The first kappa shape index (κ1) is 28.3. The predicted octanol–water partition coefficient (Wildman–Crippen LogP) is 11.8. The van der Waals surface area contributed by atoms with Gasteiger partial charge in [-0.05, 0) is 52.2 Å². The lowest BCUT2D eigenvalue weighted by Gasteiger charge is -2.35. The Morgan fingerprint density at radius 3 is 1.78 bits per heavy atom. The van der Waals surface area contributed by atoms with Crippen LogP contribution in [-0.4, -0.2) is 19.1 Å². The fourth-order valence-electron chi connectivity index (χ4n) is 8.67. The number of rotatable bonds is 3. The molecule has 3 aromatic heterocycles. The summed E-state index contributed by atoms with van der Waals surface area (Å²) in [4.78, 5) is 10.6. The largest absolute Gasteiger partial charge is 0.308 e. The highest BCUT2D eigenvalue weighted by Gasteiger charge is 2.36. The van der Waals surface area contributed by atoms with Crippen LogP contribution < -0.4 is 0 Å². The second-order valence-corrected chi connectivity index (χ2v) is 14.3. The van der Waals surface area contributed by atoms with Crippen molar-refractivity contribution in [3.63, 3.8) is 0 Å². The van der Waals surface area contributed by atoms with E-state index in [1.807, 2.05) is 12.1 Å². The molecule has 0 unspecified atom stereocenters. The third kappa shape index (κ3) is 3.90. The summed E-state index contributed by atoms with van der Waals surface area (Å²) in [6, 6.07) is 56.7. The van der Waals surface area contributed by atoms with Gasteiger partial charge >= 0.3 is 0 Å². The van der Waals surface area contributed by atoms with Crippen molar-refractivity contribution in [2.45, 2.75) is 19.3 Å². The number of fused-ring (bicyclic) bond motifs is 10. The minimum Gasteiger partial charge on any atom is -0.308 e. The lowest BCUT2D eigenvalue weighted by Crippen LogP contribution is -2.26. The molecule has 51 heavy (non-hydrogen) atoms. The zero-order valence-corrected chi connectivity index (χ0v) is 28.3. The second-order valence-electron chi connectivity index (χ2n) is 14.3.